The molecule has 0 aliphatic rings. The van der Waals surface area contributed by atoms with E-state index in [1.165, 1.54) is 38.6 Å². The van der Waals surface area contributed by atoms with Gasteiger partial charge in [0, 0.05) is 0 Å². The maximum absolute atomic E-state index is 9.79. The highest BCUT2D eigenvalue weighted by Crippen LogP contribution is 2.16. The molecular weight excluding hydrogens is 164 g/mol. The Morgan fingerprint density at radius 3 is 2.54 bits per heavy atom. The zero-order chi connectivity index (χ0) is 9.94. The van der Waals surface area contributed by atoms with Gasteiger partial charge in [-0.3, -0.25) is 0 Å². The van der Waals surface area contributed by atoms with Crippen LogP contribution in [0.5, 0.6) is 0 Å². The topological polar surface area (TPSA) is 26.3 Å². The van der Waals surface area contributed by atoms with Crippen molar-refractivity contribution in [1.82, 2.24) is 0 Å². The van der Waals surface area contributed by atoms with Gasteiger partial charge in [-0.25, -0.2) is 4.79 Å². The first kappa shape index (κ1) is 12.5. The van der Waals surface area contributed by atoms with Crippen molar-refractivity contribution in [3.8, 4) is 0 Å². The van der Waals surface area contributed by atoms with Gasteiger partial charge in [-0.05, 0) is 12.3 Å². The number of hydrogen-bond acceptors (Lipinski definition) is 2. The van der Waals surface area contributed by atoms with Crippen molar-refractivity contribution in [2.75, 3.05) is 6.61 Å². The first-order chi connectivity index (χ1) is 6.35. The second kappa shape index (κ2) is 9.56. The van der Waals surface area contributed by atoms with E-state index < -0.39 is 0 Å². The Bertz CT molecular complexity index is 113. The number of hydrogen-bond donors (Lipinski definition) is 0. The lowest BCUT2D eigenvalue weighted by molar-refractivity contribution is 0.240. The average molecular weight is 185 g/mol. The third-order valence-electron chi connectivity index (χ3n) is 2.48. The Hall–Kier alpha value is -0.530. The van der Waals surface area contributed by atoms with Crippen LogP contribution in [0.4, 0.5) is 0 Å². The minimum atomic E-state index is 0.536. The molecule has 0 spiro atoms. The van der Waals surface area contributed by atoms with Crippen LogP contribution >= 0.6 is 0 Å². The van der Waals surface area contributed by atoms with Gasteiger partial charge in [0.2, 0.25) is 0 Å². The summed E-state index contributed by atoms with van der Waals surface area (Å²) in [5.41, 5.74) is 0. The molecule has 0 saturated carbocycles. The molecule has 0 aromatic carbocycles. The molecule has 0 aromatic rings. The zero-order valence-corrected chi connectivity index (χ0v) is 8.84. The molecule has 0 heterocycles. The van der Waals surface area contributed by atoms with E-state index in [-0.39, 0.29) is 0 Å². The van der Waals surface area contributed by atoms with Gasteiger partial charge in [0.15, 0.2) is 0 Å². The van der Waals surface area contributed by atoms with Gasteiger partial charge in [0.25, 0.3) is 0 Å². The molecule has 0 bridgehead atoms. The van der Waals surface area contributed by atoms with Gasteiger partial charge >= 0.3 is 6.47 Å². The van der Waals surface area contributed by atoms with Gasteiger partial charge in [-0.2, -0.15) is 0 Å². The molecule has 0 N–H and O–H groups in total. The van der Waals surface area contributed by atoms with Crippen LogP contribution in [0.15, 0.2) is 0 Å². The van der Waals surface area contributed by atoms with Crippen LogP contribution in [0.25, 0.3) is 0 Å². The van der Waals surface area contributed by atoms with Crippen molar-refractivity contribution in [3.63, 3.8) is 0 Å². The predicted molar refractivity (Wildman–Crippen MR) is 54.2 cm³/mol. The lowest BCUT2D eigenvalue weighted by Crippen LogP contribution is -2.04. The fourth-order valence-electron chi connectivity index (χ4n) is 1.50. The van der Waals surface area contributed by atoms with Gasteiger partial charge in [0.05, 0.1) is 6.61 Å². The lowest BCUT2D eigenvalue weighted by Gasteiger charge is -2.12. The van der Waals surface area contributed by atoms with Gasteiger partial charge in [-0.15, -0.1) is 0 Å². The Balaban J connectivity index is 3.33. The second-order valence-electron chi connectivity index (χ2n) is 3.49. The second-order valence-corrected chi connectivity index (χ2v) is 3.49. The van der Waals surface area contributed by atoms with Crippen molar-refractivity contribution in [1.29, 1.82) is 0 Å². The number of ether oxygens (including phenoxy) is 1. The molecule has 0 saturated heterocycles. The van der Waals surface area contributed by atoms with Crippen LogP contribution in [-0.2, 0) is 9.53 Å². The third kappa shape index (κ3) is 7.82. The molecule has 2 heteroatoms. The fraction of sp³-hybridized carbons (Fsp3) is 0.909. The van der Waals surface area contributed by atoms with Crippen molar-refractivity contribution < 1.29 is 9.53 Å². The molecule has 13 heavy (non-hydrogen) atoms. The largest absolute Gasteiger partial charge is 0.457 e. The van der Waals surface area contributed by atoms with Crippen LogP contribution in [0.3, 0.4) is 0 Å². The summed E-state index contributed by atoms with van der Waals surface area (Å²) in [4.78, 5) is 9.79. The van der Waals surface area contributed by atoms with E-state index in [9.17, 15) is 4.79 Å². The smallest absolute Gasteiger partial charge is 0.417 e. The van der Waals surface area contributed by atoms with E-state index in [1.54, 1.807) is 0 Å². The van der Waals surface area contributed by atoms with E-state index in [0.717, 1.165) is 12.3 Å². The van der Waals surface area contributed by atoms with Crippen LogP contribution in [-0.4, -0.2) is 13.1 Å². The average Bonchev–Trinajstić information content (AvgIpc) is 2.16. The molecule has 1 radical (unpaired) electrons. The molecule has 77 valence electrons. The van der Waals surface area contributed by atoms with Crippen LogP contribution in [0.1, 0.15) is 52.4 Å². The summed E-state index contributed by atoms with van der Waals surface area (Å²) in [7, 11) is 0. The summed E-state index contributed by atoms with van der Waals surface area (Å²) in [6, 6.07) is 0. The monoisotopic (exact) mass is 185 g/mol. The summed E-state index contributed by atoms with van der Waals surface area (Å²) >= 11 is 0. The number of unbranched alkanes of at least 4 members (excludes halogenated alkanes) is 2. The maximum atomic E-state index is 9.79. The molecule has 0 amide bonds. The van der Waals surface area contributed by atoms with Gasteiger partial charge in [0.1, 0.15) is 0 Å². The fourth-order valence-corrected chi connectivity index (χ4v) is 1.50. The summed E-state index contributed by atoms with van der Waals surface area (Å²) in [5, 5.41) is 0. The quantitative estimate of drug-likeness (QED) is 0.516. The molecule has 0 aliphatic heterocycles. The number of rotatable bonds is 9. The van der Waals surface area contributed by atoms with Gasteiger partial charge in [-0.1, -0.05) is 46.0 Å². The highest BCUT2D eigenvalue weighted by atomic mass is 16.5. The maximum Gasteiger partial charge on any atom is 0.417 e. The van der Waals surface area contributed by atoms with Gasteiger partial charge < -0.3 is 4.74 Å². The lowest BCUT2D eigenvalue weighted by atomic mass is 9.96. The SMILES string of the molecule is CCCCCC(CC)CCO[C]=O. The van der Waals surface area contributed by atoms with Crippen LogP contribution < -0.4 is 0 Å². The molecule has 0 aliphatic carbocycles. The Labute approximate surface area is 81.7 Å². The normalized spacial score (nSPS) is 12.5. The van der Waals surface area contributed by atoms with Crippen molar-refractivity contribution >= 4 is 6.47 Å². The van der Waals surface area contributed by atoms with E-state index >= 15 is 0 Å². The van der Waals surface area contributed by atoms with Crippen molar-refractivity contribution in [2.24, 2.45) is 5.92 Å². The summed E-state index contributed by atoms with van der Waals surface area (Å²) in [5.74, 6) is 0.722. The molecular formula is C11H21O2. The van der Waals surface area contributed by atoms with E-state index in [1.807, 2.05) is 0 Å². The first-order valence-corrected chi connectivity index (χ1v) is 5.34. The van der Waals surface area contributed by atoms with Crippen LogP contribution in [0, 0.1) is 5.92 Å². The van der Waals surface area contributed by atoms with E-state index in [0.29, 0.717) is 6.61 Å². The van der Waals surface area contributed by atoms with Crippen molar-refractivity contribution in [2.45, 2.75) is 52.4 Å². The molecule has 0 fully saturated rings. The number of carbonyl (C=O) groups excluding carboxylic acids is 1. The highest BCUT2D eigenvalue weighted by Gasteiger charge is 2.05. The van der Waals surface area contributed by atoms with E-state index in [2.05, 4.69) is 18.6 Å². The van der Waals surface area contributed by atoms with Crippen molar-refractivity contribution in [3.05, 3.63) is 0 Å². The van der Waals surface area contributed by atoms with E-state index in [4.69, 9.17) is 0 Å². The zero-order valence-electron chi connectivity index (χ0n) is 8.84. The highest BCUT2D eigenvalue weighted by molar-refractivity contribution is 5.37. The molecule has 0 aromatic heterocycles. The Kier molecular flexibility index (Phi) is 9.17. The Morgan fingerprint density at radius 1 is 1.23 bits per heavy atom. The van der Waals surface area contributed by atoms with Crippen LogP contribution in [0.2, 0.25) is 0 Å². The minimum Gasteiger partial charge on any atom is -0.457 e. The molecule has 2 nitrogen and oxygen atoms in total. The molecule has 1 atom stereocenters. The molecule has 1 unspecified atom stereocenters. The summed E-state index contributed by atoms with van der Waals surface area (Å²) in [6.45, 7) is 6.41. The predicted octanol–water partition coefficient (Wildman–Crippen LogP) is 3.07. The first-order valence-electron chi connectivity index (χ1n) is 5.34. The third-order valence-corrected chi connectivity index (χ3v) is 2.48. The standard InChI is InChI=1S/C11H21O2/c1-3-5-6-7-11(4-2)8-9-13-10-12/h11H,3-9H2,1-2H3. The summed E-state index contributed by atoms with van der Waals surface area (Å²) in [6.07, 6.45) is 7.35. The molecule has 0 rings (SSSR count). The Morgan fingerprint density at radius 2 is 2.00 bits per heavy atom. The minimum absolute atomic E-state index is 0.536. The summed E-state index contributed by atoms with van der Waals surface area (Å²) < 4.78 is 4.57.